The number of amides is 1. The summed E-state index contributed by atoms with van der Waals surface area (Å²) in [6.07, 6.45) is -1.66. The van der Waals surface area contributed by atoms with Crippen LogP contribution in [0.2, 0.25) is 0 Å². The van der Waals surface area contributed by atoms with Crippen LogP contribution >= 0.6 is 0 Å². The van der Waals surface area contributed by atoms with Crippen molar-refractivity contribution in [3.8, 4) is 0 Å². The van der Waals surface area contributed by atoms with Gasteiger partial charge in [0.2, 0.25) is 0 Å². The minimum Gasteiger partial charge on any atom is -0.480 e. The van der Waals surface area contributed by atoms with E-state index in [2.05, 4.69) is 0 Å². The van der Waals surface area contributed by atoms with Gasteiger partial charge in [0.05, 0.1) is 17.8 Å². The maximum absolute atomic E-state index is 13.0. The van der Waals surface area contributed by atoms with E-state index >= 15 is 0 Å². The molecule has 0 fully saturated rings. The van der Waals surface area contributed by atoms with Crippen LogP contribution in [0.3, 0.4) is 0 Å². The molecule has 2 aliphatic rings. The van der Waals surface area contributed by atoms with Gasteiger partial charge in [0.15, 0.2) is 0 Å². The van der Waals surface area contributed by atoms with Crippen molar-refractivity contribution >= 4 is 17.6 Å². The molecule has 136 valence electrons. The molecule has 8 heteroatoms. The van der Waals surface area contributed by atoms with Gasteiger partial charge in [0, 0.05) is 5.57 Å². The quantitative estimate of drug-likeness (QED) is 0.831. The molecule has 1 unspecified atom stereocenters. The van der Waals surface area contributed by atoms with Crippen molar-refractivity contribution in [2.45, 2.75) is 13.1 Å². The Hall–Kier alpha value is -3.03. The first-order valence-electron chi connectivity index (χ1n) is 7.60. The third kappa shape index (κ3) is 2.87. The molecule has 0 saturated heterocycles. The Morgan fingerprint density at radius 1 is 1.23 bits per heavy atom. The Kier molecular flexibility index (Phi) is 3.94. The minimum atomic E-state index is -4.52. The summed E-state index contributed by atoms with van der Waals surface area (Å²) >= 11 is 0. The van der Waals surface area contributed by atoms with Gasteiger partial charge < -0.3 is 10.2 Å². The fourth-order valence-corrected chi connectivity index (χ4v) is 2.99. The summed E-state index contributed by atoms with van der Waals surface area (Å²) in [6, 6.07) is 4.63. The van der Waals surface area contributed by atoms with Gasteiger partial charge in [0.1, 0.15) is 5.41 Å². The number of nitrogens with zero attached hydrogens (tertiary/aromatic N) is 1. The fourth-order valence-electron chi connectivity index (χ4n) is 2.99. The van der Waals surface area contributed by atoms with E-state index in [4.69, 9.17) is 0 Å². The lowest BCUT2D eigenvalue weighted by Crippen LogP contribution is -2.31. The van der Waals surface area contributed by atoms with Gasteiger partial charge in [-0.3, -0.25) is 9.69 Å². The Balaban J connectivity index is 2.14. The Morgan fingerprint density at radius 2 is 1.92 bits per heavy atom. The topological polar surface area (TPSA) is 77.8 Å². The lowest BCUT2D eigenvalue weighted by molar-refractivity contribution is -0.143. The fraction of sp³-hybridized carbons (Fsp3) is 0.222. The summed E-state index contributed by atoms with van der Waals surface area (Å²) in [5.41, 5.74) is -1.02. The first kappa shape index (κ1) is 17.8. The number of carboxylic acids is 1. The lowest BCUT2D eigenvalue weighted by Gasteiger charge is -2.25. The van der Waals surface area contributed by atoms with Crippen LogP contribution in [0.5, 0.6) is 0 Å². The van der Waals surface area contributed by atoms with Crippen LogP contribution in [-0.4, -0.2) is 33.7 Å². The summed E-state index contributed by atoms with van der Waals surface area (Å²) in [7, 11) is 0. The second-order valence-electron chi connectivity index (χ2n) is 6.29. The minimum absolute atomic E-state index is 0.155. The van der Waals surface area contributed by atoms with Crippen molar-refractivity contribution < 1.29 is 33.0 Å². The number of allylic oxidation sites excluding steroid dienone is 1. The highest BCUT2D eigenvalue weighted by molar-refractivity contribution is 5.89. The van der Waals surface area contributed by atoms with Crippen LogP contribution < -0.4 is 0 Å². The Morgan fingerprint density at radius 3 is 2.50 bits per heavy atom. The number of alkyl halides is 3. The van der Waals surface area contributed by atoms with E-state index in [0.29, 0.717) is 11.1 Å². The third-order valence-electron chi connectivity index (χ3n) is 4.47. The van der Waals surface area contributed by atoms with Crippen LogP contribution in [0.4, 0.5) is 18.0 Å². The summed E-state index contributed by atoms with van der Waals surface area (Å²) < 4.78 is 38.9. The average Bonchev–Trinajstić information content (AvgIpc) is 2.92. The van der Waals surface area contributed by atoms with Gasteiger partial charge in [-0.25, -0.2) is 4.79 Å². The van der Waals surface area contributed by atoms with Gasteiger partial charge in [0.25, 0.3) is 0 Å². The van der Waals surface area contributed by atoms with Gasteiger partial charge in [-0.2, -0.15) is 13.2 Å². The number of aliphatic carboxylic acids is 1. The number of benzene rings is 1. The van der Waals surface area contributed by atoms with Gasteiger partial charge >= 0.3 is 18.2 Å². The molecule has 1 aliphatic heterocycles. The maximum atomic E-state index is 13.0. The highest BCUT2D eigenvalue weighted by Crippen LogP contribution is 2.42. The lowest BCUT2D eigenvalue weighted by atomic mass is 9.83. The molecular weight excluding hydrogens is 351 g/mol. The standard InChI is InChI=1S/C18H14F3NO4/c1-17(15(23)24)6-5-12-13(9-22(16(25)26)14(12)8-17)10-3-2-4-11(7-10)18(19,20)21/h2-8H,9H2,1H3,(H,23,24)(H,25,26). The van der Waals surface area contributed by atoms with Gasteiger partial charge in [-0.05, 0) is 36.3 Å². The molecule has 26 heavy (non-hydrogen) atoms. The number of halogens is 3. The summed E-state index contributed by atoms with van der Waals surface area (Å²) in [6.45, 7) is 1.26. The van der Waals surface area contributed by atoms with Crippen molar-refractivity contribution in [3.63, 3.8) is 0 Å². The number of carbonyl (C=O) groups is 2. The molecule has 3 rings (SSSR count). The van der Waals surface area contributed by atoms with E-state index in [0.717, 1.165) is 17.0 Å². The molecule has 1 atom stereocenters. The second kappa shape index (κ2) is 5.76. The summed E-state index contributed by atoms with van der Waals surface area (Å²) in [5, 5.41) is 18.8. The molecular formula is C18H14F3NO4. The molecule has 1 heterocycles. The zero-order chi connectivity index (χ0) is 19.3. The third-order valence-corrected chi connectivity index (χ3v) is 4.47. The first-order chi connectivity index (χ1) is 12.0. The van der Waals surface area contributed by atoms with Crippen LogP contribution in [0.25, 0.3) is 5.57 Å². The molecule has 0 saturated carbocycles. The number of hydrogen-bond donors (Lipinski definition) is 2. The van der Waals surface area contributed by atoms with Crippen LogP contribution in [0.15, 0.2) is 53.8 Å². The first-order valence-corrected chi connectivity index (χ1v) is 7.60. The molecule has 1 aromatic rings. The summed E-state index contributed by atoms with van der Waals surface area (Å²) in [5.74, 6) is -1.15. The molecule has 1 amide bonds. The van der Waals surface area contributed by atoms with E-state index < -0.39 is 29.2 Å². The summed E-state index contributed by atoms with van der Waals surface area (Å²) in [4.78, 5) is 23.9. The largest absolute Gasteiger partial charge is 0.480 e. The zero-order valence-electron chi connectivity index (χ0n) is 13.5. The zero-order valence-corrected chi connectivity index (χ0v) is 13.5. The monoisotopic (exact) mass is 365 g/mol. The molecule has 0 aromatic heterocycles. The highest BCUT2D eigenvalue weighted by atomic mass is 19.4. The number of rotatable bonds is 2. The molecule has 0 bridgehead atoms. The number of fused-ring (bicyclic) bond motifs is 1. The van der Waals surface area contributed by atoms with Crippen molar-refractivity contribution in [2.24, 2.45) is 5.41 Å². The van der Waals surface area contributed by atoms with Crippen molar-refractivity contribution in [2.75, 3.05) is 6.54 Å². The van der Waals surface area contributed by atoms with E-state index in [9.17, 15) is 33.0 Å². The van der Waals surface area contributed by atoms with E-state index in [1.165, 1.54) is 37.3 Å². The van der Waals surface area contributed by atoms with Crippen LogP contribution in [0.1, 0.15) is 18.1 Å². The molecule has 0 radical (unpaired) electrons. The van der Waals surface area contributed by atoms with E-state index in [1.54, 1.807) is 0 Å². The number of hydrogen-bond acceptors (Lipinski definition) is 2. The maximum Gasteiger partial charge on any atom is 0.416 e. The van der Waals surface area contributed by atoms with Crippen molar-refractivity contribution in [3.05, 3.63) is 64.9 Å². The van der Waals surface area contributed by atoms with Gasteiger partial charge in [-0.1, -0.05) is 24.3 Å². The van der Waals surface area contributed by atoms with E-state index in [-0.39, 0.29) is 17.8 Å². The smallest absolute Gasteiger partial charge is 0.416 e. The molecule has 1 aliphatic carbocycles. The van der Waals surface area contributed by atoms with Crippen LogP contribution in [-0.2, 0) is 11.0 Å². The Labute approximate surface area is 146 Å². The van der Waals surface area contributed by atoms with Crippen LogP contribution in [0, 0.1) is 5.41 Å². The molecule has 0 spiro atoms. The predicted molar refractivity (Wildman–Crippen MR) is 86.1 cm³/mol. The normalized spacial score (nSPS) is 22.3. The van der Waals surface area contributed by atoms with E-state index in [1.807, 2.05) is 0 Å². The molecule has 1 aromatic carbocycles. The molecule has 2 N–H and O–H groups in total. The highest BCUT2D eigenvalue weighted by Gasteiger charge is 2.39. The van der Waals surface area contributed by atoms with Crippen molar-refractivity contribution in [1.82, 2.24) is 4.90 Å². The average molecular weight is 365 g/mol. The Bertz CT molecular complexity index is 898. The van der Waals surface area contributed by atoms with Crippen molar-refractivity contribution in [1.29, 1.82) is 0 Å². The second-order valence-corrected chi connectivity index (χ2v) is 6.29. The number of carboxylic acid groups (broad SMARTS) is 2. The molecule has 5 nitrogen and oxygen atoms in total. The predicted octanol–water partition coefficient (Wildman–Crippen LogP) is 4.00. The SMILES string of the molecule is CC1(C(=O)O)C=CC2=C(c3cccc(C(F)(F)F)c3)CN(C(=O)O)C2=C1. The van der Waals surface area contributed by atoms with Gasteiger partial charge in [-0.15, -0.1) is 0 Å².